The van der Waals surface area contributed by atoms with E-state index in [0.717, 1.165) is 12.8 Å². The summed E-state index contributed by atoms with van der Waals surface area (Å²) in [4.78, 5) is 22.4. The molecule has 0 saturated carbocycles. The van der Waals surface area contributed by atoms with E-state index in [2.05, 4.69) is 5.32 Å². The van der Waals surface area contributed by atoms with Crippen LogP contribution in [0, 0.1) is 11.3 Å². The van der Waals surface area contributed by atoms with Gasteiger partial charge in [0, 0.05) is 6.54 Å². The number of nitriles is 1. The number of nitrogens with one attached hydrogen (secondary N) is 1. The molecule has 0 aliphatic carbocycles. The van der Waals surface area contributed by atoms with Crippen molar-refractivity contribution in [3.8, 4) is 6.07 Å². The molecule has 104 valence electrons. The van der Waals surface area contributed by atoms with Gasteiger partial charge in [0.1, 0.15) is 11.6 Å². The van der Waals surface area contributed by atoms with E-state index in [1.54, 1.807) is 12.1 Å². The van der Waals surface area contributed by atoms with Crippen molar-refractivity contribution in [1.29, 1.82) is 5.26 Å². The monoisotopic (exact) mass is 272 g/mol. The van der Waals surface area contributed by atoms with Crippen molar-refractivity contribution in [3.63, 3.8) is 0 Å². The van der Waals surface area contributed by atoms with Gasteiger partial charge >= 0.3 is 5.97 Å². The lowest BCUT2D eigenvalue weighted by Gasteiger charge is -2.03. The highest BCUT2D eigenvalue weighted by molar-refractivity contribution is 6.01. The number of aromatic carboxylic acids is 1. The van der Waals surface area contributed by atoms with Gasteiger partial charge in [-0.2, -0.15) is 5.26 Å². The molecule has 0 aliphatic heterocycles. The van der Waals surface area contributed by atoms with E-state index in [-0.39, 0.29) is 11.1 Å². The molecule has 0 fully saturated rings. The van der Waals surface area contributed by atoms with Crippen molar-refractivity contribution >= 4 is 18.0 Å². The van der Waals surface area contributed by atoms with Gasteiger partial charge in [-0.3, -0.25) is 4.79 Å². The molecule has 0 aromatic heterocycles. The Kier molecular flexibility index (Phi) is 5.98. The first-order chi connectivity index (χ1) is 9.58. The Morgan fingerprint density at radius 1 is 1.35 bits per heavy atom. The Bertz CT molecular complexity index is 553. The molecule has 2 N–H and O–H groups in total. The smallest absolute Gasteiger partial charge is 0.335 e. The zero-order valence-corrected chi connectivity index (χ0v) is 11.2. The molecule has 0 aliphatic rings. The quantitative estimate of drug-likeness (QED) is 0.472. The summed E-state index contributed by atoms with van der Waals surface area (Å²) in [5, 5.41) is 20.4. The number of hydrogen-bond acceptors (Lipinski definition) is 3. The molecule has 5 nitrogen and oxygen atoms in total. The molecule has 0 atom stereocenters. The van der Waals surface area contributed by atoms with Crippen molar-refractivity contribution < 1.29 is 14.7 Å². The third kappa shape index (κ3) is 4.58. The van der Waals surface area contributed by atoms with Gasteiger partial charge in [-0.1, -0.05) is 25.5 Å². The molecular weight excluding hydrogens is 256 g/mol. The molecule has 1 aromatic carbocycles. The van der Waals surface area contributed by atoms with Crippen LogP contribution in [0.15, 0.2) is 29.8 Å². The van der Waals surface area contributed by atoms with Gasteiger partial charge in [-0.25, -0.2) is 4.79 Å². The Balaban J connectivity index is 2.81. The largest absolute Gasteiger partial charge is 0.478 e. The summed E-state index contributed by atoms with van der Waals surface area (Å²) in [6, 6.07) is 7.82. The van der Waals surface area contributed by atoms with Gasteiger partial charge in [-0.05, 0) is 30.2 Å². The lowest BCUT2D eigenvalue weighted by atomic mass is 10.1. The van der Waals surface area contributed by atoms with Gasteiger partial charge in [0.15, 0.2) is 0 Å². The number of carboxylic acids is 1. The van der Waals surface area contributed by atoms with Gasteiger partial charge in [0.2, 0.25) is 0 Å². The fraction of sp³-hybridized carbons (Fsp3) is 0.267. The van der Waals surface area contributed by atoms with Crippen molar-refractivity contribution in [2.24, 2.45) is 0 Å². The first kappa shape index (κ1) is 15.4. The number of carbonyl (C=O) groups is 2. The van der Waals surface area contributed by atoms with Crippen molar-refractivity contribution in [1.82, 2.24) is 5.32 Å². The van der Waals surface area contributed by atoms with Crippen LogP contribution >= 0.6 is 0 Å². The molecule has 0 saturated heterocycles. The summed E-state index contributed by atoms with van der Waals surface area (Å²) in [6.07, 6.45) is 3.26. The number of benzene rings is 1. The third-order valence-electron chi connectivity index (χ3n) is 2.65. The van der Waals surface area contributed by atoms with Gasteiger partial charge < -0.3 is 10.4 Å². The molecule has 0 radical (unpaired) electrons. The highest BCUT2D eigenvalue weighted by Crippen LogP contribution is 2.09. The fourth-order valence-corrected chi connectivity index (χ4v) is 1.51. The number of unbranched alkanes of at least 4 members (excludes halogenated alkanes) is 1. The lowest BCUT2D eigenvalue weighted by molar-refractivity contribution is -0.117. The summed E-state index contributed by atoms with van der Waals surface area (Å²) in [6.45, 7) is 2.55. The molecule has 0 unspecified atom stereocenters. The maximum absolute atomic E-state index is 11.7. The second-order valence-electron chi connectivity index (χ2n) is 4.21. The molecule has 20 heavy (non-hydrogen) atoms. The average Bonchev–Trinajstić information content (AvgIpc) is 2.45. The predicted octanol–water partition coefficient (Wildman–Crippen LogP) is 2.21. The molecule has 1 rings (SSSR count). The van der Waals surface area contributed by atoms with E-state index in [0.29, 0.717) is 12.1 Å². The third-order valence-corrected chi connectivity index (χ3v) is 2.65. The van der Waals surface area contributed by atoms with Crippen LogP contribution < -0.4 is 5.32 Å². The van der Waals surface area contributed by atoms with Gasteiger partial charge in [0.05, 0.1) is 5.56 Å². The second-order valence-corrected chi connectivity index (χ2v) is 4.21. The SMILES string of the molecule is CCCCNC(=O)C(C#N)=Cc1ccc(C(=O)O)cc1. The minimum absolute atomic E-state index is 0.00387. The lowest BCUT2D eigenvalue weighted by Crippen LogP contribution is -2.25. The van der Waals surface area contributed by atoms with Crippen LogP contribution in [-0.4, -0.2) is 23.5 Å². The zero-order valence-electron chi connectivity index (χ0n) is 11.2. The first-order valence-electron chi connectivity index (χ1n) is 6.31. The second kappa shape index (κ2) is 7.74. The Morgan fingerprint density at radius 3 is 2.50 bits per heavy atom. The van der Waals surface area contributed by atoms with E-state index in [1.807, 2.05) is 13.0 Å². The van der Waals surface area contributed by atoms with Crippen LogP contribution in [0.1, 0.15) is 35.7 Å². The molecular formula is C15H16N2O3. The molecule has 1 aromatic rings. The minimum Gasteiger partial charge on any atom is -0.478 e. The van der Waals surface area contributed by atoms with E-state index >= 15 is 0 Å². The van der Waals surface area contributed by atoms with Crippen LogP contribution in [0.2, 0.25) is 0 Å². The standard InChI is InChI=1S/C15H16N2O3/c1-2-3-8-17-14(18)13(10-16)9-11-4-6-12(7-5-11)15(19)20/h4-7,9H,2-3,8H2,1H3,(H,17,18)(H,19,20). The van der Waals surface area contributed by atoms with Crippen LogP contribution in [0.5, 0.6) is 0 Å². The normalized spacial score (nSPS) is 10.7. The van der Waals surface area contributed by atoms with Crippen molar-refractivity contribution in [3.05, 3.63) is 41.0 Å². The molecule has 5 heteroatoms. The van der Waals surface area contributed by atoms with Crippen LogP contribution in [0.4, 0.5) is 0 Å². The Morgan fingerprint density at radius 2 is 2.00 bits per heavy atom. The topological polar surface area (TPSA) is 90.2 Å². The number of carbonyl (C=O) groups excluding carboxylic acids is 1. The van der Waals surface area contributed by atoms with Gasteiger partial charge in [0.25, 0.3) is 5.91 Å². The summed E-state index contributed by atoms with van der Waals surface area (Å²) < 4.78 is 0. The summed E-state index contributed by atoms with van der Waals surface area (Å²) in [5.74, 6) is -1.43. The number of nitrogens with zero attached hydrogens (tertiary/aromatic N) is 1. The van der Waals surface area contributed by atoms with Crippen LogP contribution in [-0.2, 0) is 4.79 Å². The number of rotatable bonds is 6. The van der Waals surface area contributed by atoms with Crippen LogP contribution in [0.25, 0.3) is 6.08 Å². The number of carboxylic acid groups (broad SMARTS) is 1. The number of amides is 1. The highest BCUT2D eigenvalue weighted by atomic mass is 16.4. The maximum Gasteiger partial charge on any atom is 0.335 e. The molecule has 0 heterocycles. The predicted molar refractivity (Wildman–Crippen MR) is 74.9 cm³/mol. The van der Waals surface area contributed by atoms with E-state index in [1.165, 1.54) is 18.2 Å². The van der Waals surface area contributed by atoms with E-state index in [4.69, 9.17) is 10.4 Å². The Labute approximate surface area is 117 Å². The summed E-state index contributed by atoms with van der Waals surface area (Å²) in [7, 11) is 0. The van der Waals surface area contributed by atoms with Crippen molar-refractivity contribution in [2.45, 2.75) is 19.8 Å². The van der Waals surface area contributed by atoms with Crippen LogP contribution in [0.3, 0.4) is 0 Å². The van der Waals surface area contributed by atoms with E-state index < -0.39 is 11.9 Å². The highest BCUT2D eigenvalue weighted by Gasteiger charge is 2.08. The molecule has 0 bridgehead atoms. The van der Waals surface area contributed by atoms with Gasteiger partial charge in [-0.15, -0.1) is 0 Å². The zero-order chi connectivity index (χ0) is 15.0. The van der Waals surface area contributed by atoms with Crippen molar-refractivity contribution in [2.75, 3.05) is 6.54 Å². The fourth-order valence-electron chi connectivity index (χ4n) is 1.51. The first-order valence-corrected chi connectivity index (χ1v) is 6.31. The molecule has 0 spiro atoms. The summed E-state index contributed by atoms with van der Waals surface area (Å²) >= 11 is 0. The molecule has 1 amide bonds. The maximum atomic E-state index is 11.7. The Hall–Kier alpha value is -2.61. The average molecular weight is 272 g/mol. The number of hydrogen-bond donors (Lipinski definition) is 2. The summed E-state index contributed by atoms with van der Waals surface area (Å²) in [5.41, 5.74) is 0.773. The van der Waals surface area contributed by atoms with E-state index in [9.17, 15) is 9.59 Å². The minimum atomic E-state index is -1.02.